The zero-order valence-corrected chi connectivity index (χ0v) is 15.7. The van der Waals surface area contributed by atoms with Gasteiger partial charge in [-0.1, -0.05) is 18.2 Å². The summed E-state index contributed by atoms with van der Waals surface area (Å²) in [5.74, 6) is 0.626. The molecule has 0 atom stereocenters. The normalized spacial score (nSPS) is 10.3. The van der Waals surface area contributed by atoms with Crippen molar-refractivity contribution in [2.24, 2.45) is 0 Å². The van der Waals surface area contributed by atoms with Crippen molar-refractivity contribution in [3.05, 3.63) is 83.2 Å². The third kappa shape index (κ3) is 4.85. The molecule has 1 heterocycles. The summed E-state index contributed by atoms with van der Waals surface area (Å²) in [6.07, 6.45) is 3.27. The Bertz CT molecular complexity index is 937. The monoisotopic (exact) mass is 361 g/mol. The fourth-order valence-electron chi connectivity index (χ4n) is 2.65. The highest BCUT2D eigenvalue weighted by molar-refractivity contribution is 5.94. The van der Waals surface area contributed by atoms with Crippen molar-refractivity contribution in [2.75, 3.05) is 12.4 Å². The summed E-state index contributed by atoms with van der Waals surface area (Å²) >= 11 is 0. The molecule has 5 nitrogen and oxygen atoms in total. The lowest BCUT2D eigenvalue weighted by Gasteiger charge is -2.10. The summed E-state index contributed by atoms with van der Waals surface area (Å²) in [7, 11) is 1.63. The summed E-state index contributed by atoms with van der Waals surface area (Å²) in [6, 6.07) is 15.5. The van der Waals surface area contributed by atoms with Crippen molar-refractivity contribution in [2.45, 2.75) is 20.4 Å². The number of anilines is 2. The molecule has 0 saturated heterocycles. The van der Waals surface area contributed by atoms with Crippen LogP contribution in [0.1, 0.15) is 27.0 Å². The number of ether oxygens (including phenoxy) is 1. The summed E-state index contributed by atoms with van der Waals surface area (Å²) in [5, 5.41) is 6.21. The number of aromatic nitrogens is 1. The Balaban J connectivity index is 1.64. The van der Waals surface area contributed by atoms with Crippen LogP contribution in [0.25, 0.3) is 0 Å². The Morgan fingerprint density at radius 2 is 1.74 bits per heavy atom. The van der Waals surface area contributed by atoms with E-state index in [-0.39, 0.29) is 5.91 Å². The molecule has 1 amide bonds. The lowest BCUT2D eigenvalue weighted by atomic mass is 10.1. The van der Waals surface area contributed by atoms with Gasteiger partial charge in [0.2, 0.25) is 0 Å². The average Bonchev–Trinajstić information content (AvgIpc) is 2.69. The van der Waals surface area contributed by atoms with Gasteiger partial charge in [0.05, 0.1) is 24.6 Å². The lowest BCUT2D eigenvalue weighted by Crippen LogP contribution is -2.23. The number of rotatable bonds is 6. The lowest BCUT2D eigenvalue weighted by molar-refractivity contribution is 0.0950. The molecule has 3 rings (SSSR count). The van der Waals surface area contributed by atoms with Crippen LogP contribution in [-0.4, -0.2) is 18.0 Å². The smallest absolute Gasteiger partial charge is 0.253 e. The third-order valence-corrected chi connectivity index (χ3v) is 4.41. The van der Waals surface area contributed by atoms with Gasteiger partial charge in [-0.15, -0.1) is 0 Å². The van der Waals surface area contributed by atoms with Crippen molar-refractivity contribution in [3.8, 4) is 5.75 Å². The zero-order chi connectivity index (χ0) is 19.2. The van der Waals surface area contributed by atoms with E-state index in [1.54, 1.807) is 25.6 Å². The molecule has 0 saturated carbocycles. The molecule has 0 fully saturated rings. The second-order valence-corrected chi connectivity index (χ2v) is 6.42. The predicted octanol–water partition coefficient (Wildman–Crippen LogP) is 4.38. The zero-order valence-electron chi connectivity index (χ0n) is 15.7. The molecule has 0 bridgehead atoms. The van der Waals surface area contributed by atoms with E-state index in [0.717, 1.165) is 22.7 Å². The van der Waals surface area contributed by atoms with E-state index in [1.807, 2.05) is 30.3 Å². The van der Waals surface area contributed by atoms with Crippen LogP contribution in [-0.2, 0) is 6.54 Å². The van der Waals surface area contributed by atoms with E-state index in [1.165, 1.54) is 11.1 Å². The summed E-state index contributed by atoms with van der Waals surface area (Å²) in [5.41, 5.74) is 5.71. The van der Waals surface area contributed by atoms with E-state index >= 15 is 0 Å². The van der Waals surface area contributed by atoms with Crippen LogP contribution in [0.15, 0.2) is 60.9 Å². The third-order valence-electron chi connectivity index (χ3n) is 4.41. The minimum absolute atomic E-state index is 0.165. The number of amides is 1. The van der Waals surface area contributed by atoms with E-state index in [9.17, 15) is 4.79 Å². The Morgan fingerprint density at radius 1 is 0.963 bits per heavy atom. The highest BCUT2D eigenvalue weighted by Gasteiger charge is 2.08. The Morgan fingerprint density at radius 3 is 2.44 bits per heavy atom. The molecular formula is C22H23N3O2. The van der Waals surface area contributed by atoms with Crippen LogP contribution < -0.4 is 15.4 Å². The standard InChI is InChI=1S/C22H23N3O2/c1-15-4-7-19(10-16(15)2)25-20-11-18(13-23-14-20)22(26)24-12-17-5-8-21(27-3)9-6-17/h4-11,13-14,25H,12H2,1-3H3,(H,24,26). The predicted molar refractivity (Wildman–Crippen MR) is 108 cm³/mol. The molecule has 2 N–H and O–H groups in total. The highest BCUT2D eigenvalue weighted by atomic mass is 16.5. The second kappa shape index (κ2) is 8.36. The molecule has 5 heteroatoms. The van der Waals surface area contributed by atoms with Crippen LogP contribution in [0.2, 0.25) is 0 Å². The summed E-state index contributed by atoms with van der Waals surface area (Å²) in [6.45, 7) is 4.59. The molecule has 3 aromatic rings. The summed E-state index contributed by atoms with van der Waals surface area (Å²) < 4.78 is 5.14. The van der Waals surface area contributed by atoms with Gasteiger partial charge < -0.3 is 15.4 Å². The van der Waals surface area contributed by atoms with Crippen molar-refractivity contribution >= 4 is 17.3 Å². The maximum absolute atomic E-state index is 12.4. The number of nitrogens with one attached hydrogen (secondary N) is 2. The molecule has 0 unspecified atom stereocenters. The molecule has 0 radical (unpaired) electrons. The Labute approximate surface area is 159 Å². The first kappa shape index (κ1) is 18.5. The van der Waals surface area contributed by atoms with Gasteiger partial charge in [-0.05, 0) is 60.9 Å². The van der Waals surface area contributed by atoms with E-state index in [0.29, 0.717) is 12.1 Å². The first-order valence-electron chi connectivity index (χ1n) is 8.75. The number of carbonyl (C=O) groups is 1. The van der Waals surface area contributed by atoms with Crippen molar-refractivity contribution in [1.29, 1.82) is 0 Å². The number of aryl methyl sites for hydroxylation is 2. The molecule has 0 spiro atoms. The maximum atomic E-state index is 12.4. The van der Waals surface area contributed by atoms with Gasteiger partial charge in [-0.2, -0.15) is 0 Å². The molecule has 138 valence electrons. The second-order valence-electron chi connectivity index (χ2n) is 6.42. The average molecular weight is 361 g/mol. The molecule has 1 aromatic heterocycles. The minimum atomic E-state index is -0.165. The fraction of sp³-hybridized carbons (Fsp3) is 0.182. The van der Waals surface area contributed by atoms with E-state index in [4.69, 9.17) is 4.74 Å². The van der Waals surface area contributed by atoms with Gasteiger partial charge in [-0.25, -0.2) is 0 Å². The quantitative estimate of drug-likeness (QED) is 0.684. The number of carbonyl (C=O) groups excluding carboxylic acids is 1. The SMILES string of the molecule is COc1ccc(CNC(=O)c2cncc(Nc3ccc(C)c(C)c3)c2)cc1. The number of hydrogen-bond acceptors (Lipinski definition) is 4. The van der Waals surface area contributed by atoms with Gasteiger partial charge in [0.25, 0.3) is 5.91 Å². The van der Waals surface area contributed by atoms with Gasteiger partial charge in [-0.3, -0.25) is 9.78 Å². The number of methoxy groups -OCH3 is 1. The van der Waals surface area contributed by atoms with Gasteiger partial charge >= 0.3 is 0 Å². The molecular weight excluding hydrogens is 338 g/mol. The van der Waals surface area contributed by atoms with Gasteiger partial charge in [0.15, 0.2) is 0 Å². The summed E-state index contributed by atoms with van der Waals surface area (Å²) in [4.78, 5) is 16.6. The molecule has 0 aliphatic heterocycles. The van der Waals surface area contributed by atoms with Crippen LogP contribution in [0, 0.1) is 13.8 Å². The number of pyridine rings is 1. The van der Waals surface area contributed by atoms with Crippen molar-refractivity contribution in [3.63, 3.8) is 0 Å². The highest BCUT2D eigenvalue weighted by Crippen LogP contribution is 2.20. The minimum Gasteiger partial charge on any atom is -0.497 e. The topological polar surface area (TPSA) is 63.2 Å². The van der Waals surface area contributed by atoms with Crippen molar-refractivity contribution in [1.82, 2.24) is 10.3 Å². The fourth-order valence-corrected chi connectivity index (χ4v) is 2.65. The van der Waals surface area contributed by atoms with Crippen LogP contribution in [0.3, 0.4) is 0 Å². The van der Waals surface area contributed by atoms with Gasteiger partial charge in [0, 0.05) is 18.4 Å². The molecule has 0 aliphatic rings. The number of benzene rings is 2. The van der Waals surface area contributed by atoms with E-state index < -0.39 is 0 Å². The van der Waals surface area contributed by atoms with Crippen LogP contribution in [0.4, 0.5) is 11.4 Å². The number of nitrogens with zero attached hydrogens (tertiary/aromatic N) is 1. The van der Waals surface area contributed by atoms with Crippen LogP contribution in [0.5, 0.6) is 5.75 Å². The van der Waals surface area contributed by atoms with Crippen molar-refractivity contribution < 1.29 is 9.53 Å². The van der Waals surface area contributed by atoms with Crippen LogP contribution >= 0.6 is 0 Å². The number of hydrogen-bond donors (Lipinski definition) is 2. The van der Waals surface area contributed by atoms with Gasteiger partial charge in [0.1, 0.15) is 5.75 Å². The molecule has 2 aromatic carbocycles. The van der Waals surface area contributed by atoms with E-state index in [2.05, 4.69) is 41.6 Å². The maximum Gasteiger partial charge on any atom is 0.253 e. The Kier molecular flexibility index (Phi) is 5.71. The molecule has 0 aliphatic carbocycles. The Hall–Kier alpha value is -3.34. The molecule has 27 heavy (non-hydrogen) atoms. The first-order valence-corrected chi connectivity index (χ1v) is 8.75. The first-order chi connectivity index (χ1) is 13.0. The largest absolute Gasteiger partial charge is 0.497 e.